The van der Waals surface area contributed by atoms with Crippen LogP contribution >= 0.6 is 0 Å². The lowest BCUT2D eigenvalue weighted by molar-refractivity contribution is 0.322. The van der Waals surface area contributed by atoms with Crippen LogP contribution in [0.25, 0.3) is 0 Å². The van der Waals surface area contributed by atoms with Gasteiger partial charge in [-0.05, 0) is 13.0 Å². The number of hydrogen-bond acceptors (Lipinski definition) is 3. The zero-order valence-corrected chi connectivity index (χ0v) is 8.02. The first-order valence-corrected chi connectivity index (χ1v) is 3.84. The van der Waals surface area contributed by atoms with E-state index >= 15 is 0 Å². The van der Waals surface area contributed by atoms with Crippen molar-refractivity contribution in [2.75, 3.05) is 14.1 Å². The van der Waals surface area contributed by atoms with Crippen molar-refractivity contribution in [3.63, 3.8) is 0 Å². The van der Waals surface area contributed by atoms with Crippen LogP contribution < -0.4 is 11.2 Å². The van der Waals surface area contributed by atoms with Crippen LogP contribution in [-0.2, 0) is 0 Å². The van der Waals surface area contributed by atoms with E-state index in [2.05, 4.69) is 17.7 Å². The van der Waals surface area contributed by atoms with E-state index in [4.69, 9.17) is 5.73 Å². The lowest BCUT2D eigenvalue weighted by atomic mass is 10.2. The molecule has 0 amide bonds. The molecule has 12 heavy (non-hydrogen) atoms. The SMILES string of the molecule is C=C=CC/C(=C(\C)N)N(C)NC. The van der Waals surface area contributed by atoms with Gasteiger partial charge >= 0.3 is 0 Å². The third-order valence-electron chi connectivity index (χ3n) is 1.64. The third-order valence-corrected chi connectivity index (χ3v) is 1.64. The molecule has 0 aromatic heterocycles. The smallest absolute Gasteiger partial charge is 0.0518 e. The summed E-state index contributed by atoms with van der Waals surface area (Å²) in [6.07, 6.45) is 2.60. The highest BCUT2D eigenvalue weighted by molar-refractivity contribution is 5.10. The Hall–Kier alpha value is -1.18. The van der Waals surface area contributed by atoms with Crippen molar-refractivity contribution in [1.82, 2.24) is 10.4 Å². The molecular formula is C9H17N3. The van der Waals surface area contributed by atoms with Gasteiger partial charge in [0.1, 0.15) is 0 Å². The summed E-state index contributed by atoms with van der Waals surface area (Å²) in [4.78, 5) is 0. The molecule has 3 heteroatoms. The predicted molar refractivity (Wildman–Crippen MR) is 52.0 cm³/mol. The van der Waals surface area contributed by atoms with E-state index in [9.17, 15) is 0 Å². The highest BCUT2D eigenvalue weighted by Crippen LogP contribution is 2.07. The Morgan fingerprint density at radius 3 is 2.67 bits per heavy atom. The number of nitrogens with two attached hydrogens (primary N) is 1. The van der Waals surface area contributed by atoms with E-state index in [0.717, 1.165) is 17.8 Å². The zero-order valence-electron chi connectivity index (χ0n) is 8.02. The van der Waals surface area contributed by atoms with Gasteiger partial charge in [-0.15, -0.1) is 5.73 Å². The molecule has 0 rings (SSSR count). The second kappa shape index (κ2) is 5.47. The molecule has 68 valence electrons. The van der Waals surface area contributed by atoms with E-state index in [1.54, 1.807) is 0 Å². The predicted octanol–water partition coefficient (Wildman–Crippen LogP) is 0.974. The molecule has 0 aliphatic heterocycles. The fourth-order valence-electron chi connectivity index (χ4n) is 0.866. The summed E-state index contributed by atoms with van der Waals surface area (Å²) in [6, 6.07) is 0. The van der Waals surface area contributed by atoms with Crippen LogP contribution in [0.3, 0.4) is 0 Å². The van der Waals surface area contributed by atoms with Gasteiger partial charge < -0.3 is 10.7 Å². The summed E-state index contributed by atoms with van der Waals surface area (Å²) in [7, 11) is 3.77. The molecule has 0 aromatic rings. The first kappa shape index (κ1) is 10.8. The Bertz CT molecular complexity index is 208. The Kier molecular flexibility index (Phi) is 4.93. The molecule has 0 aliphatic rings. The quantitative estimate of drug-likeness (QED) is 0.484. The van der Waals surface area contributed by atoms with E-state index in [0.29, 0.717) is 0 Å². The summed E-state index contributed by atoms with van der Waals surface area (Å²) in [5.74, 6) is 0. The minimum absolute atomic E-state index is 0.753. The van der Waals surface area contributed by atoms with Gasteiger partial charge in [0.25, 0.3) is 0 Å². The Labute approximate surface area is 74.2 Å². The standard InChI is InChI=1S/C9H17N3/c1-5-6-7-9(8(2)10)12(4)11-3/h6,11H,1,7,10H2,2-4H3/b9-8-. The van der Waals surface area contributed by atoms with Gasteiger partial charge in [0, 0.05) is 26.2 Å². The molecule has 0 unspecified atom stereocenters. The van der Waals surface area contributed by atoms with Crippen molar-refractivity contribution in [2.24, 2.45) is 5.73 Å². The van der Waals surface area contributed by atoms with E-state index in [-0.39, 0.29) is 0 Å². The maximum atomic E-state index is 5.68. The molecule has 0 heterocycles. The second-order valence-electron chi connectivity index (χ2n) is 2.52. The van der Waals surface area contributed by atoms with Gasteiger partial charge in [-0.1, -0.05) is 6.58 Å². The molecule has 0 aliphatic carbocycles. The number of rotatable bonds is 4. The van der Waals surface area contributed by atoms with Gasteiger partial charge in [0.05, 0.1) is 5.70 Å². The first-order valence-electron chi connectivity index (χ1n) is 3.84. The maximum absolute atomic E-state index is 5.68. The fourth-order valence-corrected chi connectivity index (χ4v) is 0.866. The number of nitrogens with one attached hydrogen (secondary N) is 1. The Morgan fingerprint density at radius 1 is 1.75 bits per heavy atom. The summed E-state index contributed by atoms with van der Waals surface area (Å²) in [5, 5.41) is 1.88. The molecule has 0 aromatic carbocycles. The first-order chi connectivity index (χ1) is 5.63. The molecule has 0 saturated heterocycles. The maximum Gasteiger partial charge on any atom is 0.0518 e. The van der Waals surface area contributed by atoms with E-state index in [1.165, 1.54) is 0 Å². The van der Waals surface area contributed by atoms with Crippen molar-refractivity contribution in [3.05, 3.63) is 29.8 Å². The van der Waals surface area contributed by atoms with Crippen molar-refractivity contribution in [3.8, 4) is 0 Å². The van der Waals surface area contributed by atoms with Gasteiger partial charge in [0.2, 0.25) is 0 Å². The van der Waals surface area contributed by atoms with Crippen molar-refractivity contribution >= 4 is 0 Å². The summed E-state index contributed by atoms with van der Waals surface area (Å²) in [5.41, 5.74) is 13.2. The highest BCUT2D eigenvalue weighted by Gasteiger charge is 2.02. The van der Waals surface area contributed by atoms with Crippen LogP contribution in [0.15, 0.2) is 29.8 Å². The summed E-state index contributed by atoms with van der Waals surface area (Å²) < 4.78 is 0. The molecule has 0 radical (unpaired) electrons. The van der Waals surface area contributed by atoms with Crippen LogP contribution in [-0.4, -0.2) is 19.1 Å². The monoisotopic (exact) mass is 167 g/mol. The van der Waals surface area contributed by atoms with Crippen LogP contribution in [0.1, 0.15) is 13.3 Å². The lowest BCUT2D eigenvalue weighted by Crippen LogP contribution is -2.31. The second-order valence-corrected chi connectivity index (χ2v) is 2.52. The largest absolute Gasteiger partial charge is 0.401 e. The molecule has 0 fully saturated rings. The topological polar surface area (TPSA) is 41.3 Å². The Balaban J connectivity index is 4.45. The van der Waals surface area contributed by atoms with E-state index < -0.39 is 0 Å². The van der Waals surface area contributed by atoms with Crippen molar-refractivity contribution < 1.29 is 0 Å². The Morgan fingerprint density at radius 2 is 2.33 bits per heavy atom. The minimum atomic E-state index is 0.753. The summed E-state index contributed by atoms with van der Waals surface area (Å²) in [6.45, 7) is 5.37. The van der Waals surface area contributed by atoms with E-state index in [1.807, 2.05) is 32.1 Å². The van der Waals surface area contributed by atoms with Crippen molar-refractivity contribution in [2.45, 2.75) is 13.3 Å². The molecule has 0 saturated carbocycles. The van der Waals surface area contributed by atoms with Crippen molar-refractivity contribution in [1.29, 1.82) is 0 Å². The molecule has 3 N–H and O–H groups in total. The third kappa shape index (κ3) is 3.28. The minimum Gasteiger partial charge on any atom is -0.401 e. The molecule has 0 bridgehead atoms. The summed E-state index contributed by atoms with van der Waals surface area (Å²) >= 11 is 0. The number of allylic oxidation sites excluding steroid dienone is 2. The van der Waals surface area contributed by atoms with Gasteiger partial charge in [-0.2, -0.15) is 0 Å². The molecule has 0 spiro atoms. The number of hydrazine groups is 1. The van der Waals surface area contributed by atoms with Crippen LogP contribution in [0.4, 0.5) is 0 Å². The molecule has 3 nitrogen and oxygen atoms in total. The number of nitrogens with zero attached hydrogens (tertiary/aromatic N) is 1. The van der Waals surface area contributed by atoms with Crippen LogP contribution in [0.2, 0.25) is 0 Å². The number of hydrogen-bond donors (Lipinski definition) is 2. The molecule has 0 atom stereocenters. The average molecular weight is 167 g/mol. The van der Waals surface area contributed by atoms with Crippen LogP contribution in [0, 0.1) is 0 Å². The molecular weight excluding hydrogens is 150 g/mol. The zero-order chi connectivity index (χ0) is 9.56. The van der Waals surface area contributed by atoms with Gasteiger partial charge in [-0.25, -0.2) is 5.43 Å². The van der Waals surface area contributed by atoms with Gasteiger partial charge in [-0.3, -0.25) is 0 Å². The fraction of sp³-hybridized carbons (Fsp3) is 0.444. The lowest BCUT2D eigenvalue weighted by Gasteiger charge is -2.21. The normalized spacial score (nSPS) is 11.6. The highest BCUT2D eigenvalue weighted by atomic mass is 15.5. The average Bonchev–Trinajstić information content (AvgIpc) is 2.04. The van der Waals surface area contributed by atoms with Crippen LogP contribution in [0.5, 0.6) is 0 Å². The van der Waals surface area contributed by atoms with Gasteiger partial charge in [0.15, 0.2) is 0 Å².